The smallest absolute Gasteiger partial charge is 0.163 e. The molecular weight excluding hydrogens is 364 g/mol. The fourth-order valence-electron chi connectivity index (χ4n) is 3.37. The van der Waals surface area contributed by atoms with Gasteiger partial charge in [0, 0.05) is 23.3 Å². The number of fused-ring (bicyclic) bond motifs is 2. The van der Waals surface area contributed by atoms with Gasteiger partial charge in [-0.3, -0.25) is 4.98 Å². The van der Waals surface area contributed by atoms with E-state index >= 15 is 0 Å². The summed E-state index contributed by atoms with van der Waals surface area (Å²) < 4.78 is 12.1. The van der Waals surface area contributed by atoms with E-state index in [-0.39, 0.29) is 0 Å². The minimum absolute atomic E-state index is 0.454. The van der Waals surface area contributed by atoms with Crippen molar-refractivity contribution in [3.8, 4) is 22.9 Å². The number of nitrogens with zero attached hydrogens (tertiary/aromatic N) is 3. The fourth-order valence-corrected chi connectivity index (χ4v) is 3.37. The third-order valence-electron chi connectivity index (χ3n) is 4.89. The van der Waals surface area contributed by atoms with Crippen molar-refractivity contribution < 1.29 is 9.47 Å². The van der Waals surface area contributed by atoms with Crippen LogP contribution >= 0.6 is 0 Å². The molecule has 0 bridgehead atoms. The van der Waals surface area contributed by atoms with Crippen molar-refractivity contribution >= 4 is 16.7 Å². The van der Waals surface area contributed by atoms with Crippen LogP contribution in [0.2, 0.25) is 0 Å². The number of benzene rings is 2. The average molecular weight is 384 g/mol. The molecule has 0 aliphatic carbocycles. The summed E-state index contributed by atoms with van der Waals surface area (Å²) in [5, 5.41) is 4.42. The van der Waals surface area contributed by atoms with E-state index < -0.39 is 5.60 Å². The Labute approximate surface area is 168 Å². The van der Waals surface area contributed by atoms with Gasteiger partial charge in [0.25, 0.3) is 0 Å². The van der Waals surface area contributed by atoms with Crippen LogP contribution in [-0.4, -0.2) is 33.7 Å². The Balaban J connectivity index is 1.46. The maximum Gasteiger partial charge on any atom is 0.163 e. The number of anilines is 1. The molecule has 6 nitrogen and oxygen atoms in total. The Bertz CT molecular complexity index is 1170. The zero-order chi connectivity index (χ0) is 19.7. The summed E-state index contributed by atoms with van der Waals surface area (Å²) in [5.41, 5.74) is 1.23. The zero-order valence-corrected chi connectivity index (χ0v) is 16.0. The predicted molar refractivity (Wildman–Crippen MR) is 112 cm³/mol. The van der Waals surface area contributed by atoms with E-state index in [1.165, 1.54) is 0 Å². The summed E-state index contributed by atoms with van der Waals surface area (Å²) in [7, 11) is 0. The topological polar surface area (TPSA) is 69.2 Å². The molecule has 4 aromatic rings. The van der Waals surface area contributed by atoms with Gasteiger partial charge in [-0.25, -0.2) is 9.97 Å². The third kappa shape index (κ3) is 3.45. The molecule has 144 valence electrons. The van der Waals surface area contributed by atoms with Crippen LogP contribution in [0.25, 0.3) is 22.3 Å². The third-order valence-corrected chi connectivity index (χ3v) is 4.89. The van der Waals surface area contributed by atoms with Crippen LogP contribution in [0, 0.1) is 0 Å². The lowest BCUT2D eigenvalue weighted by Gasteiger charge is -2.35. The molecule has 6 heteroatoms. The number of pyridine rings is 1. The van der Waals surface area contributed by atoms with Crippen molar-refractivity contribution in [1.29, 1.82) is 0 Å². The van der Waals surface area contributed by atoms with Crippen LogP contribution in [0.1, 0.15) is 6.92 Å². The second-order valence-corrected chi connectivity index (χ2v) is 7.30. The van der Waals surface area contributed by atoms with Crippen molar-refractivity contribution in [2.45, 2.75) is 12.5 Å². The van der Waals surface area contributed by atoms with Crippen molar-refractivity contribution in [3.05, 3.63) is 73.1 Å². The first-order valence-electron chi connectivity index (χ1n) is 9.52. The van der Waals surface area contributed by atoms with Gasteiger partial charge in [0.15, 0.2) is 22.9 Å². The quantitative estimate of drug-likeness (QED) is 0.565. The monoisotopic (exact) mass is 384 g/mol. The first-order chi connectivity index (χ1) is 14.2. The summed E-state index contributed by atoms with van der Waals surface area (Å²) in [6.45, 7) is 3.02. The molecule has 2 aromatic carbocycles. The number of nitrogens with one attached hydrogen (secondary N) is 1. The predicted octanol–water partition coefficient (Wildman–Crippen LogP) is 4.33. The lowest BCUT2D eigenvalue weighted by Crippen LogP contribution is -2.47. The highest BCUT2D eigenvalue weighted by atomic mass is 16.6. The van der Waals surface area contributed by atoms with Gasteiger partial charge in [-0.05, 0) is 43.3 Å². The molecule has 0 fully saturated rings. The highest BCUT2D eigenvalue weighted by Crippen LogP contribution is 2.35. The Morgan fingerprint density at radius 3 is 2.66 bits per heavy atom. The molecule has 0 radical (unpaired) electrons. The van der Waals surface area contributed by atoms with E-state index in [2.05, 4.69) is 10.3 Å². The molecular formula is C23H20N4O2. The maximum absolute atomic E-state index is 6.23. The largest absolute Gasteiger partial charge is 0.485 e. The lowest BCUT2D eigenvalue weighted by atomic mass is 10.1. The molecule has 0 saturated heterocycles. The molecule has 1 aliphatic rings. The van der Waals surface area contributed by atoms with Gasteiger partial charge >= 0.3 is 0 Å². The van der Waals surface area contributed by atoms with Crippen LogP contribution in [0.15, 0.2) is 73.1 Å². The number of para-hydroxylation sites is 3. The van der Waals surface area contributed by atoms with E-state index in [0.717, 1.165) is 33.8 Å². The summed E-state index contributed by atoms with van der Waals surface area (Å²) in [4.78, 5) is 13.7. The van der Waals surface area contributed by atoms with Crippen LogP contribution in [0.5, 0.6) is 11.5 Å². The first kappa shape index (κ1) is 17.4. The van der Waals surface area contributed by atoms with Gasteiger partial charge in [0.05, 0.1) is 12.1 Å². The number of aromatic nitrogens is 3. The molecule has 1 atom stereocenters. The van der Waals surface area contributed by atoms with Crippen LogP contribution in [0.3, 0.4) is 0 Å². The molecule has 0 amide bonds. The molecule has 0 saturated carbocycles. The Morgan fingerprint density at radius 1 is 0.966 bits per heavy atom. The average Bonchev–Trinajstić information content (AvgIpc) is 2.78. The molecule has 0 spiro atoms. The Hall–Kier alpha value is -3.67. The van der Waals surface area contributed by atoms with Crippen molar-refractivity contribution in [2.24, 2.45) is 0 Å². The van der Waals surface area contributed by atoms with E-state index in [1.54, 1.807) is 12.4 Å². The van der Waals surface area contributed by atoms with Crippen molar-refractivity contribution in [2.75, 3.05) is 18.5 Å². The van der Waals surface area contributed by atoms with Crippen LogP contribution in [-0.2, 0) is 0 Å². The fraction of sp³-hybridized carbons (Fsp3) is 0.174. The lowest BCUT2D eigenvalue weighted by molar-refractivity contribution is 0.0166. The molecule has 29 heavy (non-hydrogen) atoms. The van der Waals surface area contributed by atoms with Gasteiger partial charge in [-0.1, -0.05) is 24.3 Å². The van der Waals surface area contributed by atoms with Crippen molar-refractivity contribution in [3.63, 3.8) is 0 Å². The summed E-state index contributed by atoms with van der Waals surface area (Å²) in [5.74, 6) is 2.93. The zero-order valence-electron chi connectivity index (χ0n) is 16.0. The molecule has 3 heterocycles. The van der Waals surface area contributed by atoms with Crippen molar-refractivity contribution in [1.82, 2.24) is 15.0 Å². The van der Waals surface area contributed by atoms with E-state index in [0.29, 0.717) is 19.0 Å². The highest BCUT2D eigenvalue weighted by Gasteiger charge is 2.33. The minimum Gasteiger partial charge on any atom is -0.485 e. The number of hydrogen-bond donors (Lipinski definition) is 1. The van der Waals surface area contributed by atoms with Crippen LogP contribution in [0.4, 0.5) is 5.82 Å². The molecule has 1 N–H and O–H groups in total. The Kier molecular flexibility index (Phi) is 4.24. The van der Waals surface area contributed by atoms with Gasteiger partial charge < -0.3 is 14.8 Å². The highest BCUT2D eigenvalue weighted by molar-refractivity contribution is 5.90. The number of ether oxygens (including phenoxy) is 2. The van der Waals surface area contributed by atoms with E-state index in [1.807, 2.05) is 67.6 Å². The maximum atomic E-state index is 6.23. The van der Waals surface area contributed by atoms with Gasteiger partial charge in [0.1, 0.15) is 12.4 Å². The molecule has 1 aliphatic heterocycles. The number of rotatable bonds is 4. The summed E-state index contributed by atoms with van der Waals surface area (Å²) in [6, 6.07) is 19.5. The normalized spacial score (nSPS) is 17.8. The molecule has 2 aromatic heterocycles. The van der Waals surface area contributed by atoms with Crippen LogP contribution < -0.4 is 14.8 Å². The van der Waals surface area contributed by atoms with Gasteiger partial charge in [0.2, 0.25) is 0 Å². The van der Waals surface area contributed by atoms with E-state index in [9.17, 15) is 0 Å². The molecule has 1 unspecified atom stereocenters. The summed E-state index contributed by atoms with van der Waals surface area (Å²) >= 11 is 0. The first-order valence-corrected chi connectivity index (χ1v) is 9.52. The van der Waals surface area contributed by atoms with Gasteiger partial charge in [-0.15, -0.1) is 0 Å². The SMILES string of the molecule is CC1(CNc2nc(-c3cccnc3)nc3ccccc23)COc2ccccc2O1. The Morgan fingerprint density at radius 2 is 1.79 bits per heavy atom. The second kappa shape index (κ2) is 7.05. The number of hydrogen-bond acceptors (Lipinski definition) is 6. The molecule has 5 rings (SSSR count). The minimum atomic E-state index is -0.519. The van der Waals surface area contributed by atoms with Gasteiger partial charge in [-0.2, -0.15) is 0 Å². The summed E-state index contributed by atoms with van der Waals surface area (Å²) in [6.07, 6.45) is 3.51. The van der Waals surface area contributed by atoms with E-state index in [4.69, 9.17) is 19.4 Å². The second-order valence-electron chi connectivity index (χ2n) is 7.30. The standard InChI is InChI=1S/C23H20N4O2/c1-23(15-28-19-10-4-5-11-20(19)29-23)14-25-22-17-8-2-3-9-18(17)26-21(27-22)16-7-6-12-24-13-16/h2-13H,14-15H2,1H3,(H,25,26,27).